The molecule has 0 unspecified atom stereocenters. The molecule has 138 valence electrons. The van der Waals surface area contributed by atoms with Gasteiger partial charge in [-0.05, 0) is 23.6 Å². The quantitative estimate of drug-likeness (QED) is 0.369. The fraction of sp³-hybridized carbons (Fsp3) is 0.562. The van der Waals surface area contributed by atoms with Crippen LogP contribution in [0.2, 0.25) is 0 Å². The van der Waals surface area contributed by atoms with Crippen molar-refractivity contribution in [3.63, 3.8) is 0 Å². The standard InChI is InChI=1S/C16H24F3N3O.HI/c1-12(2)11-23-14-6-4-13(5-7-14)10-22-15(20-3)21-9-8-16(17,18)19;/h4-7,12H,8-11H2,1-3H3,(H2,20,21,22);1H. The predicted octanol–water partition coefficient (Wildman–Crippen LogP) is 3.96. The second-order valence-electron chi connectivity index (χ2n) is 5.57. The summed E-state index contributed by atoms with van der Waals surface area (Å²) in [6.45, 7) is 5.08. The van der Waals surface area contributed by atoms with Crippen LogP contribution in [0.3, 0.4) is 0 Å². The van der Waals surface area contributed by atoms with Gasteiger partial charge in [0.05, 0.1) is 13.0 Å². The van der Waals surface area contributed by atoms with Crippen molar-refractivity contribution in [2.24, 2.45) is 10.9 Å². The summed E-state index contributed by atoms with van der Waals surface area (Å²) in [4.78, 5) is 3.89. The lowest BCUT2D eigenvalue weighted by atomic mass is 10.2. The van der Waals surface area contributed by atoms with Crippen molar-refractivity contribution < 1.29 is 17.9 Å². The number of hydrogen-bond acceptors (Lipinski definition) is 2. The minimum Gasteiger partial charge on any atom is -0.493 e. The van der Waals surface area contributed by atoms with Gasteiger partial charge in [-0.1, -0.05) is 26.0 Å². The van der Waals surface area contributed by atoms with Crippen molar-refractivity contribution in [3.05, 3.63) is 29.8 Å². The number of halogens is 4. The fourth-order valence-electron chi connectivity index (χ4n) is 1.70. The average molecular weight is 459 g/mol. The van der Waals surface area contributed by atoms with E-state index in [1.54, 1.807) is 0 Å². The second-order valence-corrected chi connectivity index (χ2v) is 5.57. The number of nitrogens with zero attached hydrogens (tertiary/aromatic N) is 1. The van der Waals surface area contributed by atoms with Crippen LogP contribution in [-0.4, -0.2) is 32.3 Å². The first kappa shape index (κ1) is 22.8. The normalized spacial score (nSPS) is 11.9. The van der Waals surface area contributed by atoms with Crippen LogP contribution in [0.1, 0.15) is 25.8 Å². The molecule has 0 bridgehead atoms. The number of nitrogens with one attached hydrogen (secondary N) is 2. The maximum absolute atomic E-state index is 12.1. The maximum Gasteiger partial charge on any atom is 0.390 e. The lowest BCUT2D eigenvalue weighted by Crippen LogP contribution is -2.38. The Morgan fingerprint density at radius 1 is 1.17 bits per heavy atom. The van der Waals surface area contributed by atoms with Crippen LogP contribution >= 0.6 is 24.0 Å². The number of alkyl halides is 3. The zero-order valence-electron chi connectivity index (χ0n) is 14.1. The van der Waals surface area contributed by atoms with Gasteiger partial charge in [0, 0.05) is 20.1 Å². The van der Waals surface area contributed by atoms with E-state index in [0.29, 0.717) is 25.0 Å². The highest BCUT2D eigenvalue weighted by molar-refractivity contribution is 14.0. The Bertz CT molecular complexity index is 490. The molecule has 2 N–H and O–H groups in total. The molecule has 0 fully saturated rings. The number of benzene rings is 1. The van der Waals surface area contributed by atoms with Crippen LogP contribution in [0.5, 0.6) is 5.75 Å². The smallest absolute Gasteiger partial charge is 0.390 e. The van der Waals surface area contributed by atoms with E-state index in [0.717, 1.165) is 11.3 Å². The molecule has 0 spiro atoms. The lowest BCUT2D eigenvalue weighted by molar-refractivity contribution is -0.132. The third-order valence-electron chi connectivity index (χ3n) is 2.89. The van der Waals surface area contributed by atoms with E-state index in [1.165, 1.54) is 7.05 Å². The zero-order chi connectivity index (χ0) is 17.3. The Kier molecular flexibility index (Phi) is 10.8. The van der Waals surface area contributed by atoms with E-state index < -0.39 is 12.6 Å². The topological polar surface area (TPSA) is 45.7 Å². The largest absolute Gasteiger partial charge is 0.493 e. The molecule has 1 aromatic rings. The highest BCUT2D eigenvalue weighted by Crippen LogP contribution is 2.18. The van der Waals surface area contributed by atoms with Gasteiger partial charge in [-0.25, -0.2) is 0 Å². The third-order valence-corrected chi connectivity index (χ3v) is 2.89. The van der Waals surface area contributed by atoms with Gasteiger partial charge in [0.2, 0.25) is 0 Å². The Balaban J connectivity index is 0.00000529. The molecule has 1 aromatic carbocycles. The summed E-state index contributed by atoms with van der Waals surface area (Å²) < 4.78 is 41.9. The Labute approximate surface area is 158 Å². The van der Waals surface area contributed by atoms with Crippen LogP contribution in [0, 0.1) is 5.92 Å². The van der Waals surface area contributed by atoms with Crippen molar-refractivity contribution in [1.29, 1.82) is 0 Å². The molecule has 0 amide bonds. The molecular weight excluding hydrogens is 434 g/mol. The summed E-state index contributed by atoms with van der Waals surface area (Å²) in [7, 11) is 1.52. The van der Waals surface area contributed by atoms with Crippen LogP contribution in [0.25, 0.3) is 0 Å². The van der Waals surface area contributed by atoms with Gasteiger partial charge in [0.25, 0.3) is 0 Å². The summed E-state index contributed by atoms with van der Waals surface area (Å²) in [6.07, 6.45) is -5.06. The summed E-state index contributed by atoms with van der Waals surface area (Å²) in [6, 6.07) is 7.57. The molecule has 24 heavy (non-hydrogen) atoms. The average Bonchev–Trinajstić information content (AvgIpc) is 2.48. The van der Waals surface area contributed by atoms with Gasteiger partial charge >= 0.3 is 6.18 Å². The van der Waals surface area contributed by atoms with Crippen LogP contribution in [0.4, 0.5) is 13.2 Å². The molecule has 1 rings (SSSR count). The van der Waals surface area contributed by atoms with Crippen molar-refractivity contribution in [2.75, 3.05) is 20.2 Å². The number of rotatable bonds is 7. The fourth-order valence-corrected chi connectivity index (χ4v) is 1.70. The maximum atomic E-state index is 12.1. The van der Waals surface area contributed by atoms with E-state index in [4.69, 9.17) is 4.74 Å². The zero-order valence-corrected chi connectivity index (χ0v) is 16.4. The first-order valence-corrected chi connectivity index (χ1v) is 7.53. The summed E-state index contributed by atoms with van der Waals surface area (Å²) in [5, 5.41) is 5.61. The second kappa shape index (κ2) is 11.4. The molecule has 0 atom stereocenters. The lowest BCUT2D eigenvalue weighted by Gasteiger charge is -2.13. The Hall–Kier alpha value is -1.19. The number of ether oxygens (including phenoxy) is 1. The van der Waals surface area contributed by atoms with Gasteiger partial charge in [0.1, 0.15) is 5.75 Å². The Morgan fingerprint density at radius 2 is 1.79 bits per heavy atom. The molecule has 0 saturated carbocycles. The molecule has 0 aliphatic rings. The molecule has 0 saturated heterocycles. The van der Waals surface area contributed by atoms with Crippen molar-refractivity contribution in [3.8, 4) is 5.75 Å². The van der Waals surface area contributed by atoms with Gasteiger partial charge in [-0.3, -0.25) is 4.99 Å². The van der Waals surface area contributed by atoms with E-state index in [2.05, 4.69) is 29.5 Å². The number of aliphatic imine (C=N–C) groups is 1. The van der Waals surface area contributed by atoms with E-state index >= 15 is 0 Å². The molecule has 8 heteroatoms. The molecule has 0 radical (unpaired) electrons. The molecule has 0 heterocycles. The van der Waals surface area contributed by atoms with E-state index in [-0.39, 0.29) is 30.5 Å². The van der Waals surface area contributed by atoms with Gasteiger partial charge < -0.3 is 15.4 Å². The van der Waals surface area contributed by atoms with Gasteiger partial charge in [0.15, 0.2) is 5.96 Å². The molecule has 0 aliphatic heterocycles. The van der Waals surface area contributed by atoms with Crippen LogP contribution in [0.15, 0.2) is 29.3 Å². The van der Waals surface area contributed by atoms with Crippen LogP contribution in [-0.2, 0) is 6.54 Å². The van der Waals surface area contributed by atoms with Crippen molar-refractivity contribution in [1.82, 2.24) is 10.6 Å². The molecular formula is C16H25F3IN3O. The third kappa shape index (κ3) is 10.6. The first-order valence-electron chi connectivity index (χ1n) is 7.53. The molecule has 0 aliphatic carbocycles. The number of guanidine groups is 1. The highest BCUT2D eigenvalue weighted by Gasteiger charge is 2.26. The predicted molar refractivity (Wildman–Crippen MR) is 101 cm³/mol. The summed E-state index contributed by atoms with van der Waals surface area (Å²) >= 11 is 0. The highest BCUT2D eigenvalue weighted by atomic mass is 127. The Morgan fingerprint density at radius 3 is 2.29 bits per heavy atom. The SMILES string of the molecule is CN=C(NCCC(F)(F)F)NCc1ccc(OCC(C)C)cc1.I. The monoisotopic (exact) mass is 459 g/mol. The van der Waals surface area contributed by atoms with Gasteiger partial charge in [-0.15, -0.1) is 24.0 Å². The van der Waals surface area contributed by atoms with Gasteiger partial charge in [-0.2, -0.15) is 13.2 Å². The van der Waals surface area contributed by atoms with Crippen LogP contribution < -0.4 is 15.4 Å². The minimum absolute atomic E-state index is 0. The van der Waals surface area contributed by atoms with Crippen molar-refractivity contribution >= 4 is 29.9 Å². The first-order chi connectivity index (χ1) is 10.8. The summed E-state index contributed by atoms with van der Waals surface area (Å²) in [5.41, 5.74) is 0.987. The van der Waals surface area contributed by atoms with E-state index in [1.807, 2.05) is 24.3 Å². The summed E-state index contributed by atoms with van der Waals surface area (Å²) in [5.74, 6) is 1.60. The number of hydrogen-bond donors (Lipinski definition) is 2. The van der Waals surface area contributed by atoms with Crippen molar-refractivity contribution in [2.45, 2.75) is 33.0 Å². The molecule has 4 nitrogen and oxygen atoms in total. The minimum atomic E-state index is -4.17. The molecule has 0 aromatic heterocycles. The van der Waals surface area contributed by atoms with E-state index in [9.17, 15) is 13.2 Å².